The fourth-order valence-electron chi connectivity index (χ4n) is 2.81. The third-order valence-corrected chi connectivity index (χ3v) is 4.16. The molecule has 6 heteroatoms. The van der Waals surface area contributed by atoms with Crippen LogP contribution in [0.3, 0.4) is 0 Å². The van der Waals surface area contributed by atoms with E-state index in [9.17, 15) is 4.79 Å². The molecule has 25 heavy (non-hydrogen) atoms. The molecule has 3 aromatic rings. The Hall–Kier alpha value is -3.15. The molecule has 1 amide bonds. The van der Waals surface area contributed by atoms with Gasteiger partial charge < -0.3 is 4.74 Å². The smallest absolute Gasteiger partial charge is 0.277 e. The molecule has 126 valence electrons. The van der Waals surface area contributed by atoms with Gasteiger partial charge in [0.25, 0.3) is 5.91 Å². The highest BCUT2D eigenvalue weighted by atomic mass is 16.5. The van der Waals surface area contributed by atoms with Gasteiger partial charge >= 0.3 is 0 Å². The molecule has 0 unspecified atom stereocenters. The van der Waals surface area contributed by atoms with Gasteiger partial charge in [-0.25, -0.2) is 4.98 Å². The predicted molar refractivity (Wildman–Crippen MR) is 93.7 cm³/mol. The molecule has 4 rings (SSSR count). The van der Waals surface area contributed by atoms with Crippen molar-refractivity contribution in [2.45, 2.75) is 20.1 Å². The molecular weight excluding hydrogens is 316 g/mol. The maximum absolute atomic E-state index is 12.8. The molecule has 0 N–H and O–H groups in total. The van der Waals surface area contributed by atoms with Crippen LogP contribution in [0, 0.1) is 6.92 Å². The van der Waals surface area contributed by atoms with Crippen LogP contribution in [0.5, 0.6) is 5.88 Å². The summed E-state index contributed by atoms with van der Waals surface area (Å²) in [6, 6.07) is 15.4. The predicted octanol–water partition coefficient (Wildman–Crippen LogP) is 2.83. The first-order valence-corrected chi connectivity index (χ1v) is 8.20. The molecule has 0 fully saturated rings. The first kappa shape index (κ1) is 15.4. The summed E-state index contributed by atoms with van der Waals surface area (Å²) in [5.41, 5.74) is 2.65. The molecule has 0 aliphatic carbocycles. The number of hydrogen-bond acceptors (Lipinski definition) is 4. The van der Waals surface area contributed by atoms with Crippen LogP contribution in [-0.4, -0.2) is 27.2 Å². The maximum atomic E-state index is 12.8. The quantitative estimate of drug-likeness (QED) is 0.736. The van der Waals surface area contributed by atoms with E-state index in [1.807, 2.05) is 49.4 Å². The number of carbonyl (C=O) groups is 1. The Bertz CT molecular complexity index is 888. The number of carbonyl (C=O) groups excluding carboxylic acids is 1. The zero-order valence-electron chi connectivity index (χ0n) is 13.9. The summed E-state index contributed by atoms with van der Waals surface area (Å²) in [7, 11) is 0. The second-order valence-corrected chi connectivity index (χ2v) is 6.02. The number of rotatable bonds is 4. The largest absolute Gasteiger partial charge is 0.472 e. The SMILES string of the molecule is Cc1ccc(N2CCn3nc(OCc4ccccc4)cc3C2=O)nc1. The normalized spacial score (nSPS) is 13.6. The third kappa shape index (κ3) is 3.10. The van der Waals surface area contributed by atoms with E-state index in [1.165, 1.54) is 0 Å². The number of amides is 1. The number of nitrogens with zero attached hydrogens (tertiary/aromatic N) is 4. The van der Waals surface area contributed by atoms with Crippen LogP contribution in [0.15, 0.2) is 54.7 Å². The van der Waals surface area contributed by atoms with E-state index in [0.717, 1.165) is 11.1 Å². The van der Waals surface area contributed by atoms with Crippen LogP contribution in [0.4, 0.5) is 5.82 Å². The molecule has 1 aliphatic heterocycles. The Balaban J connectivity index is 1.51. The molecule has 1 aromatic carbocycles. The average Bonchev–Trinajstić information content (AvgIpc) is 3.06. The van der Waals surface area contributed by atoms with Crippen LogP contribution >= 0.6 is 0 Å². The number of aromatic nitrogens is 3. The Morgan fingerprint density at radius 2 is 1.96 bits per heavy atom. The Kier molecular flexibility index (Phi) is 3.93. The van der Waals surface area contributed by atoms with E-state index in [-0.39, 0.29) is 5.91 Å². The second kappa shape index (κ2) is 6.39. The maximum Gasteiger partial charge on any atom is 0.277 e. The third-order valence-electron chi connectivity index (χ3n) is 4.16. The molecule has 0 bridgehead atoms. The van der Waals surface area contributed by atoms with Crippen LogP contribution in [-0.2, 0) is 13.2 Å². The van der Waals surface area contributed by atoms with Crippen LogP contribution < -0.4 is 9.64 Å². The topological polar surface area (TPSA) is 60.2 Å². The van der Waals surface area contributed by atoms with Crippen molar-refractivity contribution >= 4 is 11.7 Å². The summed E-state index contributed by atoms with van der Waals surface area (Å²) in [6.45, 7) is 3.56. The Morgan fingerprint density at radius 1 is 1.12 bits per heavy atom. The van der Waals surface area contributed by atoms with Crippen LogP contribution in [0.2, 0.25) is 0 Å². The molecule has 6 nitrogen and oxygen atoms in total. The lowest BCUT2D eigenvalue weighted by Gasteiger charge is -2.26. The van der Waals surface area contributed by atoms with Crippen molar-refractivity contribution < 1.29 is 9.53 Å². The number of aryl methyl sites for hydroxylation is 1. The molecule has 3 heterocycles. The monoisotopic (exact) mass is 334 g/mol. The van der Waals surface area contributed by atoms with E-state index in [4.69, 9.17) is 4.74 Å². The van der Waals surface area contributed by atoms with E-state index in [2.05, 4.69) is 10.1 Å². The van der Waals surface area contributed by atoms with Gasteiger partial charge in [-0.1, -0.05) is 36.4 Å². The van der Waals surface area contributed by atoms with Gasteiger partial charge in [-0.05, 0) is 24.1 Å². The Morgan fingerprint density at radius 3 is 2.72 bits per heavy atom. The lowest BCUT2D eigenvalue weighted by Crippen LogP contribution is -2.40. The number of hydrogen-bond donors (Lipinski definition) is 0. The highest BCUT2D eigenvalue weighted by Crippen LogP contribution is 2.22. The molecule has 0 atom stereocenters. The molecule has 0 spiro atoms. The highest BCUT2D eigenvalue weighted by molar-refractivity contribution is 6.05. The molecule has 1 aliphatic rings. The van der Waals surface area contributed by atoms with Gasteiger partial charge in [0, 0.05) is 18.8 Å². The fourth-order valence-corrected chi connectivity index (χ4v) is 2.81. The molecule has 0 radical (unpaired) electrons. The van der Waals surface area contributed by atoms with Gasteiger partial charge in [0.15, 0.2) is 0 Å². The Labute approximate surface area is 145 Å². The highest BCUT2D eigenvalue weighted by Gasteiger charge is 2.28. The zero-order chi connectivity index (χ0) is 17.2. The first-order valence-electron chi connectivity index (χ1n) is 8.20. The van der Waals surface area contributed by atoms with E-state index in [1.54, 1.807) is 21.8 Å². The molecular formula is C19H18N4O2. The van der Waals surface area contributed by atoms with Crippen LogP contribution in [0.1, 0.15) is 21.6 Å². The number of ether oxygens (including phenoxy) is 1. The number of fused-ring (bicyclic) bond motifs is 1. The van der Waals surface area contributed by atoms with Crippen molar-refractivity contribution in [1.82, 2.24) is 14.8 Å². The van der Waals surface area contributed by atoms with Crippen molar-refractivity contribution in [2.75, 3.05) is 11.4 Å². The minimum absolute atomic E-state index is 0.107. The van der Waals surface area contributed by atoms with Crippen molar-refractivity contribution in [3.63, 3.8) is 0 Å². The van der Waals surface area contributed by atoms with Gasteiger partial charge in [-0.2, -0.15) is 0 Å². The zero-order valence-corrected chi connectivity index (χ0v) is 13.9. The van der Waals surface area contributed by atoms with Gasteiger partial charge in [-0.3, -0.25) is 14.4 Å². The van der Waals surface area contributed by atoms with Crippen molar-refractivity contribution in [3.05, 3.63) is 71.5 Å². The van der Waals surface area contributed by atoms with Crippen molar-refractivity contribution in [1.29, 1.82) is 0 Å². The second-order valence-electron chi connectivity index (χ2n) is 6.02. The fraction of sp³-hybridized carbons (Fsp3) is 0.211. The lowest BCUT2D eigenvalue weighted by molar-refractivity contribution is 0.0961. The van der Waals surface area contributed by atoms with Gasteiger partial charge in [0.05, 0.1) is 6.54 Å². The standard InChI is InChI=1S/C19H18N4O2/c1-14-7-8-17(20-12-14)22-9-10-23-16(19(22)24)11-18(21-23)25-13-15-5-3-2-4-6-15/h2-8,11-12H,9-10,13H2,1H3. The number of pyridine rings is 1. The van der Waals surface area contributed by atoms with Crippen molar-refractivity contribution in [3.8, 4) is 5.88 Å². The summed E-state index contributed by atoms with van der Waals surface area (Å²) in [5, 5.41) is 4.39. The number of anilines is 1. The van der Waals surface area contributed by atoms with E-state index in [0.29, 0.717) is 37.1 Å². The van der Waals surface area contributed by atoms with Gasteiger partial charge in [0.2, 0.25) is 5.88 Å². The first-order chi connectivity index (χ1) is 12.2. The number of benzene rings is 1. The summed E-state index contributed by atoms with van der Waals surface area (Å²) >= 11 is 0. The summed E-state index contributed by atoms with van der Waals surface area (Å²) in [5.74, 6) is 1.02. The molecule has 2 aromatic heterocycles. The average molecular weight is 334 g/mol. The van der Waals surface area contributed by atoms with E-state index < -0.39 is 0 Å². The summed E-state index contributed by atoms with van der Waals surface area (Å²) in [4.78, 5) is 18.8. The van der Waals surface area contributed by atoms with Crippen LogP contribution in [0.25, 0.3) is 0 Å². The lowest BCUT2D eigenvalue weighted by atomic mass is 10.2. The van der Waals surface area contributed by atoms with Gasteiger partial charge in [-0.15, -0.1) is 5.10 Å². The summed E-state index contributed by atoms with van der Waals surface area (Å²) in [6.07, 6.45) is 1.77. The van der Waals surface area contributed by atoms with Gasteiger partial charge in [0.1, 0.15) is 18.1 Å². The van der Waals surface area contributed by atoms with Crippen molar-refractivity contribution in [2.24, 2.45) is 0 Å². The minimum atomic E-state index is -0.107. The summed E-state index contributed by atoms with van der Waals surface area (Å²) < 4.78 is 7.43. The molecule has 0 saturated heterocycles. The molecule has 0 saturated carbocycles. The minimum Gasteiger partial charge on any atom is -0.472 e. The van der Waals surface area contributed by atoms with E-state index >= 15 is 0 Å².